The second kappa shape index (κ2) is 3.05. The van der Waals surface area contributed by atoms with Crippen molar-refractivity contribution < 1.29 is 9.90 Å². The van der Waals surface area contributed by atoms with Crippen LogP contribution in [0.15, 0.2) is 0 Å². The zero-order valence-electron chi connectivity index (χ0n) is 7.12. The number of carboxylic acids is 1. The van der Waals surface area contributed by atoms with E-state index in [2.05, 4.69) is 5.32 Å². The van der Waals surface area contributed by atoms with E-state index in [1.807, 2.05) is 0 Å². The number of aliphatic carboxylic acids is 1. The molecule has 0 radical (unpaired) electrons. The summed E-state index contributed by atoms with van der Waals surface area (Å²) in [6.45, 7) is 0.918. The molecule has 2 N–H and O–H groups in total. The van der Waals surface area contributed by atoms with Gasteiger partial charge in [-0.05, 0) is 31.2 Å². The molecule has 3 nitrogen and oxygen atoms in total. The summed E-state index contributed by atoms with van der Waals surface area (Å²) in [6.07, 6.45) is 4.83. The van der Waals surface area contributed by atoms with Gasteiger partial charge < -0.3 is 10.4 Å². The second-order valence-electron chi connectivity index (χ2n) is 3.93. The lowest BCUT2D eigenvalue weighted by atomic mass is 9.78. The molecule has 1 aliphatic heterocycles. The van der Waals surface area contributed by atoms with Crippen LogP contribution in [0.1, 0.15) is 25.7 Å². The molecule has 0 aromatic rings. The molecule has 1 aliphatic carbocycles. The molecular formula is C9H15NO2. The van der Waals surface area contributed by atoms with Crippen LogP contribution in [-0.4, -0.2) is 23.7 Å². The second-order valence-corrected chi connectivity index (χ2v) is 3.93. The van der Waals surface area contributed by atoms with E-state index in [4.69, 9.17) is 5.11 Å². The Morgan fingerprint density at radius 2 is 2.08 bits per heavy atom. The van der Waals surface area contributed by atoms with Gasteiger partial charge in [0, 0.05) is 0 Å². The molecule has 2 fully saturated rings. The van der Waals surface area contributed by atoms with Crippen molar-refractivity contribution >= 4 is 5.97 Å². The van der Waals surface area contributed by atoms with E-state index >= 15 is 0 Å². The quantitative estimate of drug-likeness (QED) is 0.611. The fraction of sp³-hybridized carbons (Fsp3) is 0.889. The SMILES string of the molecule is O=C(O)[C@H]1NC[C@H]2CCCC[C@@H]21. The highest BCUT2D eigenvalue weighted by Crippen LogP contribution is 2.35. The fourth-order valence-corrected chi connectivity index (χ4v) is 2.63. The van der Waals surface area contributed by atoms with Crippen molar-refractivity contribution in [3.63, 3.8) is 0 Å². The minimum atomic E-state index is -0.663. The molecule has 1 saturated heterocycles. The van der Waals surface area contributed by atoms with Crippen LogP contribution in [-0.2, 0) is 4.79 Å². The monoisotopic (exact) mass is 169 g/mol. The third-order valence-electron chi connectivity index (χ3n) is 3.26. The minimum Gasteiger partial charge on any atom is -0.480 e. The summed E-state index contributed by atoms with van der Waals surface area (Å²) in [5.41, 5.74) is 0. The smallest absolute Gasteiger partial charge is 0.320 e. The summed E-state index contributed by atoms with van der Waals surface area (Å²) in [6, 6.07) is -0.254. The molecule has 0 aromatic heterocycles. The first kappa shape index (κ1) is 8.05. The summed E-state index contributed by atoms with van der Waals surface area (Å²) >= 11 is 0. The molecule has 0 amide bonds. The first-order valence-corrected chi connectivity index (χ1v) is 4.75. The summed E-state index contributed by atoms with van der Waals surface area (Å²) in [5, 5.41) is 12.0. The fourth-order valence-electron chi connectivity index (χ4n) is 2.63. The van der Waals surface area contributed by atoms with E-state index < -0.39 is 5.97 Å². The van der Waals surface area contributed by atoms with Gasteiger partial charge in [-0.15, -0.1) is 0 Å². The van der Waals surface area contributed by atoms with Gasteiger partial charge >= 0.3 is 5.97 Å². The number of hydrogen-bond donors (Lipinski definition) is 2. The zero-order valence-corrected chi connectivity index (χ0v) is 7.12. The summed E-state index contributed by atoms with van der Waals surface area (Å²) < 4.78 is 0. The molecule has 1 saturated carbocycles. The number of carboxylic acid groups (broad SMARTS) is 1. The Hall–Kier alpha value is -0.570. The van der Waals surface area contributed by atoms with Crippen LogP contribution in [0.3, 0.4) is 0 Å². The average Bonchev–Trinajstić information content (AvgIpc) is 2.47. The van der Waals surface area contributed by atoms with Gasteiger partial charge in [0.2, 0.25) is 0 Å². The van der Waals surface area contributed by atoms with Gasteiger partial charge in [-0.1, -0.05) is 12.8 Å². The average molecular weight is 169 g/mol. The predicted molar refractivity (Wildman–Crippen MR) is 44.9 cm³/mol. The lowest BCUT2D eigenvalue weighted by Gasteiger charge is -2.26. The number of nitrogens with one attached hydrogen (secondary N) is 1. The highest BCUT2D eigenvalue weighted by Gasteiger charge is 2.40. The molecule has 1 heterocycles. The molecule has 0 aromatic carbocycles. The Morgan fingerprint density at radius 3 is 2.83 bits per heavy atom. The van der Waals surface area contributed by atoms with E-state index in [0.29, 0.717) is 11.8 Å². The number of rotatable bonds is 1. The van der Waals surface area contributed by atoms with Crippen molar-refractivity contribution in [1.29, 1.82) is 0 Å². The van der Waals surface area contributed by atoms with Crippen LogP contribution < -0.4 is 5.32 Å². The molecule has 2 rings (SSSR count). The Balaban J connectivity index is 2.05. The Kier molecular flexibility index (Phi) is 2.05. The van der Waals surface area contributed by atoms with Crippen LogP contribution in [0, 0.1) is 11.8 Å². The lowest BCUT2D eigenvalue weighted by Crippen LogP contribution is -2.36. The molecule has 68 valence electrons. The van der Waals surface area contributed by atoms with Gasteiger partial charge in [0.05, 0.1) is 0 Å². The Labute approximate surface area is 72.2 Å². The first-order valence-electron chi connectivity index (χ1n) is 4.75. The van der Waals surface area contributed by atoms with Gasteiger partial charge in [0.25, 0.3) is 0 Å². The molecule has 3 atom stereocenters. The van der Waals surface area contributed by atoms with Crippen molar-refractivity contribution in [2.75, 3.05) is 6.54 Å². The molecule has 2 aliphatic rings. The maximum absolute atomic E-state index is 10.8. The zero-order chi connectivity index (χ0) is 8.55. The van der Waals surface area contributed by atoms with Crippen LogP contribution in [0.4, 0.5) is 0 Å². The van der Waals surface area contributed by atoms with Crippen molar-refractivity contribution in [1.82, 2.24) is 5.32 Å². The van der Waals surface area contributed by atoms with Crippen LogP contribution in [0.2, 0.25) is 0 Å². The highest BCUT2D eigenvalue weighted by atomic mass is 16.4. The van der Waals surface area contributed by atoms with E-state index in [9.17, 15) is 4.79 Å². The van der Waals surface area contributed by atoms with Gasteiger partial charge in [-0.25, -0.2) is 0 Å². The number of carbonyl (C=O) groups is 1. The summed E-state index contributed by atoms with van der Waals surface area (Å²) in [7, 11) is 0. The summed E-state index contributed by atoms with van der Waals surface area (Å²) in [5.74, 6) is 0.389. The predicted octanol–water partition coefficient (Wildman–Crippen LogP) is 0.849. The van der Waals surface area contributed by atoms with E-state index in [1.165, 1.54) is 19.3 Å². The Bertz CT molecular complexity index is 193. The van der Waals surface area contributed by atoms with Gasteiger partial charge in [-0.2, -0.15) is 0 Å². The Morgan fingerprint density at radius 1 is 1.33 bits per heavy atom. The molecule has 12 heavy (non-hydrogen) atoms. The van der Waals surface area contributed by atoms with Crippen molar-refractivity contribution in [2.24, 2.45) is 11.8 Å². The van der Waals surface area contributed by atoms with E-state index in [1.54, 1.807) is 0 Å². The van der Waals surface area contributed by atoms with Crippen LogP contribution in [0.25, 0.3) is 0 Å². The normalized spacial score (nSPS) is 40.8. The molecule has 3 heteroatoms. The van der Waals surface area contributed by atoms with Crippen molar-refractivity contribution in [3.8, 4) is 0 Å². The van der Waals surface area contributed by atoms with Gasteiger partial charge in [-0.3, -0.25) is 4.79 Å². The first-order chi connectivity index (χ1) is 5.79. The topological polar surface area (TPSA) is 49.3 Å². The third kappa shape index (κ3) is 1.22. The van der Waals surface area contributed by atoms with E-state index in [0.717, 1.165) is 13.0 Å². The maximum atomic E-state index is 10.8. The van der Waals surface area contributed by atoms with Gasteiger partial charge in [0.15, 0.2) is 0 Å². The van der Waals surface area contributed by atoms with Crippen molar-refractivity contribution in [3.05, 3.63) is 0 Å². The number of fused-ring (bicyclic) bond motifs is 1. The largest absolute Gasteiger partial charge is 0.480 e. The van der Waals surface area contributed by atoms with E-state index in [-0.39, 0.29) is 6.04 Å². The molecule has 0 bridgehead atoms. The van der Waals surface area contributed by atoms with Crippen LogP contribution >= 0.6 is 0 Å². The maximum Gasteiger partial charge on any atom is 0.320 e. The standard InChI is InChI=1S/C9H15NO2/c11-9(12)8-7-4-2-1-3-6(7)5-10-8/h6-8,10H,1-5H2,(H,11,12)/t6-,7+,8+/m1/s1. The highest BCUT2D eigenvalue weighted by molar-refractivity contribution is 5.74. The van der Waals surface area contributed by atoms with Crippen molar-refractivity contribution in [2.45, 2.75) is 31.7 Å². The third-order valence-corrected chi connectivity index (χ3v) is 3.26. The molecular weight excluding hydrogens is 154 g/mol. The van der Waals surface area contributed by atoms with Gasteiger partial charge in [0.1, 0.15) is 6.04 Å². The molecule has 0 spiro atoms. The minimum absolute atomic E-state index is 0.254. The lowest BCUT2D eigenvalue weighted by molar-refractivity contribution is -0.140. The molecule has 0 unspecified atom stereocenters. The summed E-state index contributed by atoms with van der Waals surface area (Å²) in [4.78, 5) is 10.8. The number of hydrogen-bond acceptors (Lipinski definition) is 2. The van der Waals surface area contributed by atoms with Crippen LogP contribution in [0.5, 0.6) is 0 Å².